The Hall–Kier alpha value is -2.41. The van der Waals surface area contributed by atoms with Crippen molar-refractivity contribution in [1.82, 2.24) is 14.8 Å². The van der Waals surface area contributed by atoms with Gasteiger partial charge in [-0.3, -0.25) is 9.59 Å². The van der Waals surface area contributed by atoms with Crippen LogP contribution in [0.1, 0.15) is 54.4 Å². The van der Waals surface area contributed by atoms with Crippen molar-refractivity contribution in [3.05, 3.63) is 34.8 Å². The molecule has 0 aliphatic carbocycles. The van der Waals surface area contributed by atoms with Gasteiger partial charge < -0.3 is 14.5 Å². The summed E-state index contributed by atoms with van der Waals surface area (Å²) in [6.07, 6.45) is 4.81. The van der Waals surface area contributed by atoms with Crippen LogP contribution >= 0.6 is 11.3 Å². The van der Waals surface area contributed by atoms with Gasteiger partial charge in [-0.15, -0.1) is 11.3 Å². The number of hydrogen-bond donors (Lipinski definition) is 0. The summed E-state index contributed by atoms with van der Waals surface area (Å²) in [4.78, 5) is 35.5. The van der Waals surface area contributed by atoms with Gasteiger partial charge in [0.05, 0.1) is 12.3 Å². The van der Waals surface area contributed by atoms with E-state index in [1.165, 1.54) is 11.3 Å². The van der Waals surface area contributed by atoms with Crippen molar-refractivity contribution in [3.8, 4) is 16.3 Å². The third kappa shape index (κ3) is 4.21. The lowest BCUT2D eigenvalue weighted by Crippen LogP contribution is -2.52. The zero-order valence-electron chi connectivity index (χ0n) is 17.7. The second-order valence-corrected chi connectivity index (χ2v) is 8.93. The van der Waals surface area contributed by atoms with E-state index in [0.717, 1.165) is 67.2 Å². The molecule has 2 aromatic rings. The Kier molecular flexibility index (Phi) is 6.37. The Balaban J connectivity index is 1.55. The molecule has 0 N–H and O–H groups in total. The number of aromatic nitrogens is 1. The van der Waals surface area contributed by atoms with Crippen molar-refractivity contribution in [2.75, 3.05) is 26.2 Å². The smallest absolute Gasteiger partial charge is 0.266 e. The number of piperidine rings is 1. The first-order chi connectivity index (χ1) is 14.6. The lowest BCUT2D eigenvalue weighted by molar-refractivity contribution is -0.136. The fraction of sp³-hybridized carbons (Fsp3) is 0.522. The van der Waals surface area contributed by atoms with Crippen LogP contribution in [0.15, 0.2) is 24.3 Å². The fourth-order valence-corrected chi connectivity index (χ4v) is 5.32. The highest BCUT2D eigenvalue weighted by Crippen LogP contribution is 2.32. The third-order valence-corrected chi connectivity index (χ3v) is 7.06. The molecule has 0 saturated carbocycles. The van der Waals surface area contributed by atoms with E-state index in [2.05, 4.69) is 4.98 Å². The highest BCUT2D eigenvalue weighted by molar-refractivity contribution is 7.17. The van der Waals surface area contributed by atoms with Crippen molar-refractivity contribution in [1.29, 1.82) is 0 Å². The molecule has 2 fully saturated rings. The summed E-state index contributed by atoms with van der Waals surface area (Å²) in [5, 5.41) is 0.818. The summed E-state index contributed by atoms with van der Waals surface area (Å²) < 4.78 is 5.51. The Labute approximate surface area is 181 Å². The Morgan fingerprint density at radius 3 is 2.50 bits per heavy atom. The molecular formula is C23H29N3O3S. The molecule has 2 amide bonds. The van der Waals surface area contributed by atoms with Crippen LogP contribution in [0.2, 0.25) is 0 Å². The largest absolute Gasteiger partial charge is 0.494 e. The van der Waals surface area contributed by atoms with Crippen LogP contribution in [0.4, 0.5) is 0 Å². The average molecular weight is 428 g/mol. The normalized spacial score (nSPS) is 19.2. The van der Waals surface area contributed by atoms with Crippen LogP contribution in [0.5, 0.6) is 5.75 Å². The first kappa shape index (κ1) is 20.8. The van der Waals surface area contributed by atoms with Crippen LogP contribution in [0.3, 0.4) is 0 Å². The van der Waals surface area contributed by atoms with Gasteiger partial charge in [-0.05, 0) is 70.2 Å². The molecule has 1 unspecified atom stereocenters. The maximum atomic E-state index is 13.4. The third-order valence-electron chi connectivity index (χ3n) is 5.87. The van der Waals surface area contributed by atoms with Crippen LogP contribution < -0.4 is 4.74 Å². The zero-order valence-corrected chi connectivity index (χ0v) is 18.5. The van der Waals surface area contributed by atoms with Crippen LogP contribution in [-0.4, -0.2) is 58.9 Å². The monoisotopic (exact) mass is 427 g/mol. The van der Waals surface area contributed by atoms with Gasteiger partial charge >= 0.3 is 0 Å². The minimum absolute atomic E-state index is 0.0561. The van der Waals surface area contributed by atoms with Crippen molar-refractivity contribution >= 4 is 23.2 Å². The summed E-state index contributed by atoms with van der Waals surface area (Å²) in [5.41, 5.74) is 1.70. The number of likely N-dealkylation sites (tertiary alicyclic amines) is 2. The Morgan fingerprint density at radius 2 is 1.80 bits per heavy atom. The van der Waals surface area contributed by atoms with E-state index in [9.17, 15) is 9.59 Å². The quantitative estimate of drug-likeness (QED) is 0.720. The maximum Gasteiger partial charge on any atom is 0.266 e. The maximum absolute atomic E-state index is 13.4. The molecule has 1 atom stereocenters. The molecule has 2 aliphatic heterocycles. The molecule has 3 heterocycles. The van der Waals surface area contributed by atoms with E-state index < -0.39 is 0 Å². The van der Waals surface area contributed by atoms with Gasteiger partial charge in [-0.1, -0.05) is 0 Å². The summed E-state index contributed by atoms with van der Waals surface area (Å²) in [6.45, 7) is 6.74. The number of nitrogens with zero attached hydrogens (tertiary/aromatic N) is 3. The topological polar surface area (TPSA) is 62.7 Å². The molecule has 30 heavy (non-hydrogen) atoms. The van der Waals surface area contributed by atoms with E-state index in [-0.39, 0.29) is 17.9 Å². The molecule has 2 saturated heterocycles. The molecule has 2 aliphatic rings. The lowest BCUT2D eigenvalue weighted by atomic mass is 10.0. The SMILES string of the molecule is CCOc1ccc(-c2nc(C)c(C(=O)N3CCCCC3C(=O)N3CCCC3)s2)cc1. The lowest BCUT2D eigenvalue weighted by Gasteiger charge is -2.36. The number of aryl methyl sites for hydroxylation is 1. The Bertz CT molecular complexity index is 903. The molecule has 0 radical (unpaired) electrons. The molecule has 1 aromatic heterocycles. The molecule has 160 valence electrons. The highest BCUT2D eigenvalue weighted by Gasteiger charge is 2.37. The number of carbonyl (C=O) groups excluding carboxylic acids is 2. The van der Waals surface area contributed by atoms with Crippen molar-refractivity contribution in [2.24, 2.45) is 0 Å². The summed E-state index contributed by atoms with van der Waals surface area (Å²) in [6, 6.07) is 7.45. The number of benzene rings is 1. The van der Waals surface area contributed by atoms with Crippen LogP contribution in [0, 0.1) is 6.92 Å². The Morgan fingerprint density at radius 1 is 1.10 bits per heavy atom. The highest BCUT2D eigenvalue weighted by atomic mass is 32.1. The standard InChI is InChI=1S/C23H29N3O3S/c1-3-29-18-11-9-17(10-12-18)21-24-16(2)20(30-21)23(28)26-15-5-4-8-19(26)22(27)25-13-6-7-14-25/h9-12,19H,3-8,13-15H2,1-2H3. The first-order valence-corrected chi connectivity index (χ1v) is 11.7. The van der Waals surface area contributed by atoms with E-state index in [0.29, 0.717) is 18.0 Å². The molecule has 1 aromatic carbocycles. The average Bonchev–Trinajstić information content (AvgIpc) is 3.44. The van der Waals surface area contributed by atoms with Gasteiger partial charge in [0.1, 0.15) is 21.7 Å². The fourth-order valence-electron chi connectivity index (χ4n) is 4.29. The summed E-state index contributed by atoms with van der Waals surface area (Å²) in [5.74, 6) is 0.885. The van der Waals surface area contributed by atoms with Crippen molar-refractivity contribution < 1.29 is 14.3 Å². The number of ether oxygens (including phenoxy) is 1. The number of thiazole rings is 1. The molecule has 4 rings (SSSR count). The zero-order chi connectivity index (χ0) is 21.1. The van der Waals surface area contributed by atoms with Gasteiger partial charge in [0, 0.05) is 25.2 Å². The van der Waals surface area contributed by atoms with Crippen molar-refractivity contribution in [2.45, 2.75) is 52.0 Å². The molecule has 7 heteroatoms. The minimum atomic E-state index is -0.334. The number of amides is 2. The number of rotatable bonds is 5. The predicted molar refractivity (Wildman–Crippen MR) is 118 cm³/mol. The molecular weight excluding hydrogens is 398 g/mol. The number of carbonyl (C=O) groups is 2. The first-order valence-electron chi connectivity index (χ1n) is 10.9. The summed E-state index contributed by atoms with van der Waals surface area (Å²) >= 11 is 1.41. The van der Waals surface area contributed by atoms with Gasteiger partial charge in [-0.25, -0.2) is 4.98 Å². The predicted octanol–water partition coefficient (Wildman–Crippen LogP) is 4.13. The van der Waals surface area contributed by atoms with Gasteiger partial charge in [-0.2, -0.15) is 0 Å². The van der Waals surface area contributed by atoms with Gasteiger partial charge in [0.2, 0.25) is 5.91 Å². The van der Waals surface area contributed by atoms with E-state index in [1.54, 1.807) is 4.90 Å². The van der Waals surface area contributed by atoms with Gasteiger partial charge in [0.25, 0.3) is 5.91 Å². The van der Waals surface area contributed by atoms with E-state index in [4.69, 9.17) is 4.74 Å². The van der Waals surface area contributed by atoms with E-state index in [1.807, 2.05) is 43.0 Å². The van der Waals surface area contributed by atoms with Gasteiger partial charge in [0.15, 0.2) is 0 Å². The van der Waals surface area contributed by atoms with Crippen LogP contribution in [0.25, 0.3) is 10.6 Å². The summed E-state index contributed by atoms with van der Waals surface area (Å²) in [7, 11) is 0. The second-order valence-electron chi connectivity index (χ2n) is 7.93. The minimum Gasteiger partial charge on any atom is -0.494 e. The molecule has 0 spiro atoms. The molecule has 0 bridgehead atoms. The van der Waals surface area contributed by atoms with Crippen LogP contribution in [-0.2, 0) is 4.79 Å². The van der Waals surface area contributed by atoms with Crippen molar-refractivity contribution in [3.63, 3.8) is 0 Å². The molecule has 6 nitrogen and oxygen atoms in total. The second kappa shape index (κ2) is 9.16. The number of hydrogen-bond acceptors (Lipinski definition) is 5. The van der Waals surface area contributed by atoms with E-state index >= 15 is 0 Å².